The smallest absolute Gasteiger partial charge is 0.310 e. The first-order valence-electron chi connectivity index (χ1n) is 3.92. The van der Waals surface area contributed by atoms with Gasteiger partial charge in [-0.25, -0.2) is 0 Å². The summed E-state index contributed by atoms with van der Waals surface area (Å²) < 4.78 is 4.82. The molecular formula is C9H12O2S. The van der Waals surface area contributed by atoms with Crippen molar-refractivity contribution in [3.8, 4) is 0 Å². The number of esters is 1. The Kier molecular flexibility index (Phi) is 3.29. The zero-order valence-electron chi connectivity index (χ0n) is 7.29. The minimum atomic E-state index is -0.143. The summed E-state index contributed by atoms with van der Waals surface area (Å²) in [5, 5.41) is 1.99. The topological polar surface area (TPSA) is 26.3 Å². The van der Waals surface area contributed by atoms with Gasteiger partial charge in [0.15, 0.2) is 0 Å². The lowest BCUT2D eigenvalue weighted by molar-refractivity contribution is -0.142. The molecule has 0 bridgehead atoms. The summed E-state index contributed by atoms with van der Waals surface area (Å²) in [5.74, 6) is -0.143. The molecule has 0 N–H and O–H groups in total. The highest BCUT2D eigenvalue weighted by Gasteiger charge is 2.04. The molecule has 0 spiro atoms. The van der Waals surface area contributed by atoms with Crippen LogP contribution in [0.5, 0.6) is 0 Å². The molecule has 0 aromatic carbocycles. The van der Waals surface area contributed by atoms with Gasteiger partial charge in [0, 0.05) is 4.88 Å². The molecule has 0 amide bonds. The van der Waals surface area contributed by atoms with Crippen LogP contribution in [0.15, 0.2) is 11.4 Å². The van der Waals surface area contributed by atoms with Gasteiger partial charge in [0.25, 0.3) is 0 Å². The fraction of sp³-hybridized carbons (Fsp3) is 0.444. The second-order valence-electron chi connectivity index (χ2n) is 2.55. The quantitative estimate of drug-likeness (QED) is 0.673. The predicted octanol–water partition coefficient (Wildman–Crippen LogP) is 2.16. The van der Waals surface area contributed by atoms with Crippen molar-refractivity contribution >= 4 is 17.3 Å². The first-order valence-corrected chi connectivity index (χ1v) is 4.80. The molecule has 0 unspecified atom stereocenters. The molecule has 0 aliphatic heterocycles. The Morgan fingerprint density at radius 2 is 2.42 bits per heavy atom. The summed E-state index contributed by atoms with van der Waals surface area (Å²) in [6.07, 6.45) is 0.401. The van der Waals surface area contributed by atoms with E-state index in [2.05, 4.69) is 0 Å². The second kappa shape index (κ2) is 4.26. The largest absolute Gasteiger partial charge is 0.466 e. The molecular weight excluding hydrogens is 172 g/mol. The average molecular weight is 184 g/mol. The van der Waals surface area contributed by atoms with Crippen LogP contribution in [0.3, 0.4) is 0 Å². The van der Waals surface area contributed by atoms with E-state index in [1.807, 2.05) is 25.3 Å². The molecule has 0 aliphatic rings. The van der Waals surface area contributed by atoms with Crippen LogP contribution in [0.2, 0.25) is 0 Å². The maximum atomic E-state index is 11.0. The van der Waals surface area contributed by atoms with Gasteiger partial charge in [-0.3, -0.25) is 4.79 Å². The summed E-state index contributed by atoms with van der Waals surface area (Å²) in [6, 6.07) is 2.02. The van der Waals surface area contributed by atoms with Crippen molar-refractivity contribution < 1.29 is 9.53 Å². The van der Waals surface area contributed by atoms with Crippen LogP contribution in [0, 0.1) is 6.92 Å². The Morgan fingerprint density at radius 3 is 2.92 bits per heavy atom. The van der Waals surface area contributed by atoms with Gasteiger partial charge in [-0.1, -0.05) is 0 Å². The number of carbonyl (C=O) groups excluding carboxylic acids is 1. The maximum absolute atomic E-state index is 11.0. The number of hydrogen-bond donors (Lipinski definition) is 0. The lowest BCUT2D eigenvalue weighted by atomic mass is 10.2. The van der Waals surface area contributed by atoms with Crippen molar-refractivity contribution in [3.05, 3.63) is 21.9 Å². The number of carbonyl (C=O) groups is 1. The highest BCUT2D eigenvalue weighted by Crippen LogP contribution is 2.13. The Hall–Kier alpha value is -0.830. The van der Waals surface area contributed by atoms with Crippen molar-refractivity contribution in [1.29, 1.82) is 0 Å². The highest BCUT2D eigenvalue weighted by molar-refractivity contribution is 7.10. The van der Waals surface area contributed by atoms with Gasteiger partial charge in [0.2, 0.25) is 0 Å². The van der Waals surface area contributed by atoms with Crippen LogP contribution in [0.1, 0.15) is 17.4 Å². The summed E-state index contributed by atoms with van der Waals surface area (Å²) in [4.78, 5) is 12.2. The Morgan fingerprint density at radius 1 is 1.67 bits per heavy atom. The van der Waals surface area contributed by atoms with Gasteiger partial charge >= 0.3 is 5.97 Å². The van der Waals surface area contributed by atoms with Crippen molar-refractivity contribution in [1.82, 2.24) is 0 Å². The molecule has 1 heterocycles. The lowest BCUT2D eigenvalue weighted by Crippen LogP contribution is -2.06. The summed E-state index contributed by atoms with van der Waals surface area (Å²) in [5.41, 5.74) is 1.05. The van der Waals surface area contributed by atoms with Crippen molar-refractivity contribution in [2.45, 2.75) is 20.3 Å². The third kappa shape index (κ3) is 2.66. The van der Waals surface area contributed by atoms with Crippen LogP contribution < -0.4 is 0 Å². The average Bonchev–Trinajstić information content (AvgIpc) is 2.36. The highest BCUT2D eigenvalue weighted by atomic mass is 32.1. The van der Waals surface area contributed by atoms with Gasteiger partial charge in [0.05, 0.1) is 13.0 Å². The summed E-state index contributed by atoms with van der Waals surface area (Å²) >= 11 is 1.66. The molecule has 3 heteroatoms. The molecule has 12 heavy (non-hydrogen) atoms. The zero-order chi connectivity index (χ0) is 8.97. The standard InChI is InChI=1S/C9H12O2S/c1-3-11-9(10)5-8-4-7(2)12-6-8/h4,6H,3,5H2,1-2H3. The Labute approximate surface area is 76.2 Å². The molecule has 0 aliphatic carbocycles. The Balaban J connectivity index is 2.46. The monoisotopic (exact) mass is 184 g/mol. The van der Waals surface area contributed by atoms with Gasteiger partial charge in [-0.05, 0) is 30.9 Å². The van der Waals surface area contributed by atoms with Crippen molar-refractivity contribution in [3.63, 3.8) is 0 Å². The molecule has 0 atom stereocenters. The molecule has 1 rings (SSSR count). The summed E-state index contributed by atoms with van der Waals surface area (Å²) in [6.45, 7) is 4.30. The maximum Gasteiger partial charge on any atom is 0.310 e. The molecule has 1 aromatic rings. The van der Waals surface area contributed by atoms with E-state index in [0.717, 1.165) is 5.56 Å². The van der Waals surface area contributed by atoms with E-state index in [1.54, 1.807) is 11.3 Å². The number of ether oxygens (including phenoxy) is 1. The second-order valence-corrected chi connectivity index (χ2v) is 3.66. The van der Waals surface area contributed by atoms with E-state index in [-0.39, 0.29) is 5.97 Å². The zero-order valence-corrected chi connectivity index (χ0v) is 8.11. The minimum Gasteiger partial charge on any atom is -0.466 e. The first-order chi connectivity index (χ1) is 5.72. The van der Waals surface area contributed by atoms with E-state index in [4.69, 9.17) is 4.74 Å². The van der Waals surface area contributed by atoms with E-state index in [1.165, 1.54) is 4.88 Å². The van der Waals surface area contributed by atoms with Crippen molar-refractivity contribution in [2.75, 3.05) is 6.61 Å². The molecule has 1 aromatic heterocycles. The van der Waals surface area contributed by atoms with Gasteiger partial charge < -0.3 is 4.74 Å². The molecule has 0 fully saturated rings. The van der Waals surface area contributed by atoms with Gasteiger partial charge in [-0.2, -0.15) is 0 Å². The fourth-order valence-corrected chi connectivity index (χ4v) is 1.68. The lowest BCUT2D eigenvalue weighted by Gasteiger charge is -1.98. The van der Waals surface area contributed by atoms with Crippen LogP contribution in [0.25, 0.3) is 0 Å². The molecule has 0 radical (unpaired) electrons. The molecule has 0 saturated carbocycles. The fourth-order valence-electron chi connectivity index (χ4n) is 0.969. The van der Waals surface area contributed by atoms with E-state index < -0.39 is 0 Å². The molecule has 0 saturated heterocycles. The summed E-state index contributed by atoms with van der Waals surface area (Å²) in [7, 11) is 0. The number of thiophene rings is 1. The van der Waals surface area contributed by atoms with Crippen LogP contribution in [-0.2, 0) is 16.0 Å². The predicted molar refractivity (Wildman–Crippen MR) is 49.4 cm³/mol. The SMILES string of the molecule is CCOC(=O)Cc1csc(C)c1. The van der Waals surface area contributed by atoms with Crippen LogP contribution >= 0.6 is 11.3 Å². The van der Waals surface area contributed by atoms with E-state index in [9.17, 15) is 4.79 Å². The van der Waals surface area contributed by atoms with Crippen LogP contribution in [-0.4, -0.2) is 12.6 Å². The number of aryl methyl sites for hydroxylation is 1. The van der Waals surface area contributed by atoms with Crippen LogP contribution in [0.4, 0.5) is 0 Å². The van der Waals surface area contributed by atoms with Gasteiger partial charge in [0.1, 0.15) is 0 Å². The number of rotatable bonds is 3. The van der Waals surface area contributed by atoms with Crippen molar-refractivity contribution in [2.24, 2.45) is 0 Å². The third-order valence-corrected chi connectivity index (χ3v) is 2.35. The third-order valence-electron chi connectivity index (χ3n) is 1.44. The van der Waals surface area contributed by atoms with E-state index in [0.29, 0.717) is 13.0 Å². The normalized spacial score (nSPS) is 9.83. The molecule has 66 valence electrons. The Bertz CT molecular complexity index is 265. The molecule has 2 nitrogen and oxygen atoms in total. The number of hydrogen-bond acceptors (Lipinski definition) is 3. The van der Waals surface area contributed by atoms with Gasteiger partial charge in [-0.15, -0.1) is 11.3 Å². The minimum absolute atomic E-state index is 0.143. The van der Waals surface area contributed by atoms with E-state index >= 15 is 0 Å². The first kappa shape index (κ1) is 9.26.